The normalized spacial score (nSPS) is 14.4. The summed E-state index contributed by atoms with van der Waals surface area (Å²) < 4.78 is 7.40. The number of benzene rings is 1. The van der Waals surface area contributed by atoms with Crippen molar-refractivity contribution in [3.63, 3.8) is 0 Å². The third-order valence-corrected chi connectivity index (χ3v) is 5.96. The molecule has 6 nitrogen and oxygen atoms in total. The summed E-state index contributed by atoms with van der Waals surface area (Å²) in [6.07, 6.45) is 3.89. The standard InChI is InChI=1S/C20H22N4O2S/c1-15-18(27-20(21-15)24-9-5-6-10-24)19(25)23-13-11-22(12-14-23)16-7-3-4-8-17(16)26-2/h3-10H,11-14H2,1-2H3. The summed E-state index contributed by atoms with van der Waals surface area (Å²) in [5, 5.41) is 0.827. The molecule has 1 aliphatic heterocycles. The van der Waals surface area contributed by atoms with Gasteiger partial charge in [-0.2, -0.15) is 0 Å². The van der Waals surface area contributed by atoms with Gasteiger partial charge in [0.05, 0.1) is 18.5 Å². The fourth-order valence-electron chi connectivity index (χ4n) is 3.34. The highest BCUT2D eigenvalue weighted by Crippen LogP contribution is 2.29. The van der Waals surface area contributed by atoms with E-state index < -0.39 is 0 Å². The van der Waals surface area contributed by atoms with Crippen LogP contribution < -0.4 is 9.64 Å². The number of methoxy groups -OCH3 is 1. The topological polar surface area (TPSA) is 50.6 Å². The van der Waals surface area contributed by atoms with Crippen LogP contribution in [0.2, 0.25) is 0 Å². The maximum absolute atomic E-state index is 13.0. The van der Waals surface area contributed by atoms with Crippen molar-refractivity contribution in [1.29, 1.82) is 0 Å². The number of thiazole rings is 1. The molecule has 0 aliphatic carbocycles. The minimum atomic E-state index is 0.0723. The van der Waals surface area contributed by atoms with Crippen molar-refractivity contribution in [2.24, 2.45) is 0 Å². The average Bonchev–Trinajstić information content (AvgIpc) is 3.37. The molecule has 4 rings (SSSR count). The van der Waals surface area contributed by atoms with E-state index in [2.05, 4.69) is 16.0 Å². The number of aromatic nitrogens is 2. The molecule has 0 unspecified atom stereocenters. The van der Waals surface area contributed by atoms with Crippen LogP contribution in [0.3, 0.4) is 0 Å². The van der Waals surface area contributed by atoms with Crippen molar-refractivity contribution in [3.8, 4) is 10.9 Å². The Kier molecular flexibility index (Phi) is 4.85. The Bertz CT molecular complexity index is 927. The Balaban J connectivity index is 1.46. The van der Waals surface area contributed by atoms with Crippen molar-refractivity contribution in [3.05, 3.63) is 59.4 Å². The number of hydrogen-bond acceptors (Lipinski definition) is 5. The molecule has 0 atom stereocenters. The Labute approximate surface area is 162 Å². The Morgan fingerprint density at radius 3 is 2.48 bits per heavy atom. The Hall–Kier alpha value is -2.80. The molecule has 0 saturated carbocycles. The maximum atomic E-state index is 13.0. The highest BCUT2D eigenvalue weighted by Gasteiger charge is 2.26. The summed E-state index contributed by atoms with van der Waals surface area (Å²) in [6, 6.07) is 11.9. The van der Waals surface area contributed by atoms with Crippen LogP contribution in [0.15, 0.2) is 48.8 Å². The first-order chi connectivity index (χ1) is 13.2. The number of amides is 1. The van der Waals surface area contributed by atoms with Crippen LogP contribution in [0.25, 0.3) is 5.13 Å². The highest BCUT2D eigenvalue weighted by atomic mass is 32.1. The molecule has 7 heteroatoms. The zero-order chi connectivity index (χ0) is 18.8. The molecule has 140 valence electrons. The predicted molar refractivity (Wildman–Crippen MR) is 107 cm³/mol. The number of aryl methyl sites for hydroxylation is 1. The summed E-state index contributed by atoms with van der Waals surface area (Å²) in [6.45, 7) is 4.85. The van der Waals surface area contributed by atoms with Gasteiger partial charge in [-0.15, -0.1) is 0 Å². The average molecular weight is 382 g/mol. The lowest BCUT2D eigenvalue weighted by molar-refractivity contribution is 0.0750. The van der Waals surface area contributed by atoms with Crippen LogP contribution in [-0.4, -0.2) is 53.6 Å². The molecule has 0 spiro atoms. The van der Waals surface area contributed by atoms with Crippen LogP contribution >= 0.6 is 11.3 Å². The number of ether oxygens (including phenoxy) is 1. The van der Waals surface area contributed by atoms with E-state index in [1.807, 2.05) is 59.1 Å². The Morgan fingerprint density at radius 1 is 1.07 bits per heavy atom. The highest BCUT2D eigenvalue weighted by molar-refractivity contribution is 7.16. The van der Waals surface area contributed by atoms with Gasteiger partial charge in [0.15, 0.2) is 5.13 Å². The van der Waals surface area contributed by atoms with E-state index >= 15 is 0 Å². The fraction of sp³-hybridized carbons (Fsp3) is 0.300. The summed E-state index contributed by atoms with van der Waals surface area (Å²) in [4.78, 5) is 22.5. The summed E-state index contributed by atoms with van der Waals surface area (Å²) in [7, 11) is 1.69. The largest absolute Gasteiger partial charge is 0.495 e. The number of anilines is 1. The molecule has 1 saturated heterocycles. The number of piperazine rings is 1. The van der Waals surface area contributed by atoms with E-state index in [-0.39, 0.29) is 5.91 Å². The number of nitrogens with zero attached hydrogens (tertiary/aromatic N) is 4. The van der Waals surface area contributed by atoms with E-state index in [1.165, 1.54) is 11.3 Å². The van der Waals surface area contributed by atoms with Gasteiger partial charge in [-0.05, 0) is 31.2 Å². The van der Waals surface area contributed by atoms with E-state index in [1.54, 1.807) is 7.11 Å². The van der Waals surface area contributed by atoms with Gasteiger partial charge in [0.2, 0.25) is 0 Å². The zero-order valence-electron chi connectivity index (χ0n) is 15.5. The fourth-order valence-corrected chi connectivity index (χ4v) is 4.34. The molecule has 3 heterocycles. The summed E-state index contributed by atoms with van der Waals surface area (Å²) in [5.41, 5.74) is 1.87. The Morgan fingerprint density at radius 2 is 1.78 bits per heavy atom. The summed E-state index contributed by atoms with van der Waals surface area (Å²) >= 11 is 1.45. The lowest BCUT2D eigenvalue weighted by Gasteiger charge is -2.36. The molecule has 0 bridgehead atoms. The first-order valence-corrected chi connectivity index (χ1v) is 9.77. The molecular weight excluding hydrogens is 360 g/mol. The molecule has 1 aliphatic rings. The van der Waals surface area contributed by atoms with Gasteiger partial charge in [-0.1, -0.05) is 23.5 Å². The molecule has 1 aromatic carbocycles. The van der Waals surface area contributed by atoms with Gasteiger partial charge >= 0.3 is 0 Å². The van der Waals surface area contributed by atoms with Crippen molar-refractivity contribution >= 4 is 22.9 Å². The van der Waals surface area contributed by atoms with E-state index in [0.717, 1.165) is 40.2 Å². The molecule has 27 heavy (non-hydrogen) atoms. The third kappa shape index (κ3) is 3.42. The quantitative estimate of drug-likeness (QED) is 0.695. The van der Waals surface area contributed by atoms with Crippen LogP contribution in [0.4, 0.5) is 5.69 Å². The van der Waals surface area contributed by atoms with Crippen LogP contribution in [0, 0.1) is 6.92 Å². The van der Waals surface area contributed by atoms with Crippen LogP contribution in [0.1, 0.15) is 15.4 Å². The first-order valence-electron chi connectivity index (χ1n) is 8.95. The van der Waals surface area contributed by atoms with Gasteiger partial charge in [-0.3, -0.25) is 4.79 Å². The smallest absolute Gasteiger partial charge is 0.266 e. The SMILES string of the molecule is COc1ccccc1N1CCN(C(=O)c2sc(-n3cccc3)nc2C)CC1. The van der Waals surface area contributed by atoms with Crippen LogP contribution in [-0.2, 0) is 0 Å². The van der Waals surface area contributed by atoms with Gasteiger partial charge in [0.25, 0.3) is 5.91 Å². The zero-order valence-corrected chi connectivity index (χ0v) is 16.3. The maximum Gasteiger partial charge on any atom is 0.266 e. The number of rotatable bonds is 4. The van der Waals surface area contributed by atoms with Crippen molar-refractivity contribution in [1.82, 2.24) is 14.5 Å². The number of hydrogen-bond donors (Lipinski definition) is 0. The number of carbonyl (C=O) groups excluding carboxylic acids is 1. The molecule has 2 aromatic heterocycles. The van der Waals surface area contributed by atoms with E-state index in [4.69, 9.17) is 4.74 Å². The third-order valence-electron chi connectivity index (χ3n) is 4.80. The van der Waals surface area contributed by atoms with Crippen molar-refractivity contribution in [2.45, 2.75) is 6.92 Å². The van der Waals surface area contributed by atoms with E-state index in [0.29, 0.717) is 13.1 Å². The molecule has 1 fully saturated rings. The van der Waals surface area contributed by atoms with E-state index in [9.17, 15) is 4.79 Å². The minimum Gasteiger partial charge on any atom is -0.495 e. The number of para-hydroxylation sites is 2. The molecule has 3 aromatic rings. The predicted octanol–water partition coefficient (Wildman–Crippen LogP) is 3.21. The van der Waals surface area contributed by atoms with Crippen molar-refractivity contribution in [2.75, 3.05) is 38.2 Å². The second kappa shape index (κ2) is 7.44. The molecule has 0 radical (unpaired) electrons. The summed E-state index contributed by atoms with van der Waals surface area (Å²) in [5.74, 6) is 0.940. The monoisotopic (exact) mass is 382 g/mol. The second-order valence-corrected chi connectivity index (χ2v) is 7.43. The minimum absolute atomic E-state index is 0.0723. The molecule has 0 N–H and O–H groups in total. The second-order valence-electron chi connectivity index (χ2n) is 6.45. The number of carbonyl (C=O) groups is 1. The van der Waals surface area contributed by atoms with Gasteiger partial charge in [0, 0.05) is 38.6 Å². The molecular formula is C20H22N4O2S. The van der Waals surface area contributed by atoms with Gasteiger partial charge < -0.3 is 19.1 Å². The van der Waals surface area contributed by atoms with Gasteiger partial charge in [-0.25, -0.2) is 4.98 Å². The van der Waals surface area contributed by atoms with Crippen molar-refractivity contribution < 1.29 is 9.53 Å². The lowest BCUT2D eigenvalue weighted by atomic mass is 10.2. The van der Waals surface area contributed by atoms with Gasteiger partial charge in [0.1, 0.15) is 10.6 Å². The first kappa shape index (κ1) is 17.6. The lowest BCUT2D eigenvalue weighted by Crippen LogP contribution is -2.48. The van der Waals surface area contributed by atoms with Crippen LogP contribution in [0.5, 0.6) is 5.75 Å². The molecule has 1 amide bonds.